The summed E-state index contributed by atoms with van der Waals surface area (Å²) in [6, 6.07) is 7.64. The fourth-order valence-electron chi connectivity index (χ4n) is 1.77. The Bertz CT molecular complexity index is 760. The number of rotatable bonds is 3. The minimum Gasteiger partial charge on any atom is -0.357 e. The SMILES string of the molecule is C/C(=N\Oc1ccc(Cl)c(Cl)c1)c1cc(Cl)ccc1C(F)(F)F. The average molecular weight is 383 g/mol. The second kappa shape index (κ2) is 6.99. The summed E-state index contributed by atoms with van der Waals surface area (Å²) < 4.78 is 39.1. The zero-order valence-electron chi connectivity index (χ0n) is 11.6. The van der Waals surface area contributed by atoms with Gasteiger partial charge in [0.15, 0.2) is 5.75 Å². The van der Waals surface area contributed by atoms with E-state index in [0.29, 0.717) is 5.02 Å². The molecule has 0 aliphatic heterocycles. The third-order valence-corrected chi connectivity index (χ3v) is 3.83. The standard InChI is InChI=1S/C15H9Cl3F3NO/c1-8(22-23-10-3-5-13(17)14(18)7-10)11-6-9(16)2-4-12(11)15(19,20)21/h2-7H,1H3/b22-8+. The number of alkyl halides is 3. The summed E-state index contributed by atoms with van der Waals surface area (Å²) in [5, 5.41) is 4.44. The minimum absolute atomic E-state index is 0.0193. The quantitative estimate of drug-likeness (QED) is 0.440. The fraction of sp³-hybridized carbons (Fsp3) is 0.133. The van der Waals surface area contributed by atoms with Crippen LogP contribution in [0.1, 0.15) is 18.1 Å². The van der Waals surface area contributed by atoms with Crippen LogP contribution in [0.2, 0.25) is 15.1 Å². The van der Waals surface area contributed by atoms with Crippen molar-refractivity contribution >= 4 is 40.5 Å². The molecule has 2 aromatic carbocycles. The molecule has 0 bridgehead atoms. The first-order valence-electron chi connectivity index (χ1n) is 6.22. The lowest BCUT2D eigenvalue weighted by Gasteiger charge is -2.12. The van der Waals surface area contributed by atoms with Crippen molar-refractivity contribution in [2.45, 2.75) is 13.1 Å². The van der Waals surface area contributed by atoms with Gasteiger partial charge in [0.1, 0.15) is 0 Å². The topological polar surface area (TPSA) is 21.6 Å². The van der Waals surface area contributed by atoms with Gasteiger partial charge in [-0.05, 0) is 37.3 Å². The minimum atomic E-state index is -4.53. The van der Waals surface area contributed by atoms with Crippen molar-refractivity contribution < 1.29 is 18.0 Å². The van der Waals surface area contributed by atoms with Crippen LogP contribution in [0.3, 0.4) is 0 Å². The summed E-state index contributed by atoms with van der Waals surface area (Å²) >= 11 is 17.4. The average Bonchev–Trinajstić information content (AvgIpc) is 2.46. The van der Waals surface area contributed by atoms with Gasteiger partial charge in [-0.3, -0.25) is 0 Å². The van der Waals surface area contributed by atoms with E-state index >= 15 is 0 Å². The summed E-state index contributed by atoms with van der Waals surface area (Å²) in [5.74, 6) is 0.245. The molecule has 2 nitrogen and oxygen atoms in total. The molecule has 0 saturated carbocycles. The fourth-order valence-corrected chi connectivity index (χ4v) is 2.23. The molecule has 2 aromatic rings. The first-order chi connectivity index (χ1) is 10.7. The van der Waals surface area contributed by atoms with Crippen LogP contribution in [0.25, 0.3) is 0 Å². The number of hydrogen-bond acceptors (Lipinski definition) is 2. The van der Waals surface area contributed by atoms with Crippen LogP contribution in [-0.2, 0) is 6.18 Å². The normalized spacial score (nSPS) is 12.4. The van der Waals surface area contributed by atoms with Crippen LogP contribution < -0.4 is 4.84 Å². The summed E-state index contributed by atoms with van der Waals surface area (Å²) in [5.41, 5.74) is -0.989. The van der Waals surface area contributed by atoms with Gasteiger partial charge in [0.05, 0.1) is 21.3 Å². The first-order valence-corrected chi connectivity index (χ1v) is 7.35. The van der Waals surface area contributed by atoms with Crippen molar-refractivity contribution in [2.24, 2.45) is 5.16 Å². The molecule has 0 aliphatic carbocycles. The number of nitrogens with zero attached hydrogens (tertiary/aromatic N) is 1. The first kappa shape index (κ1) is 17.9. The Morgan fingerprint density at radius 3 is 2.30 bits per heavy atom. The van der Waals surface area contributed by atoms with E-state index < -0.39 is 11.7 Å². The van der Waals surface area contributed by atoms with Gasteiger partial charge in [0.25, 0.3) is 0 Å². The van der Waals surface area contributed by atoms with Gasteiger partial charge in [-0.25, -0.2) is 0 Å². The van der Waals surface area contributed by atoms with E-state index in [1.165, 1.54) is 37.3 Å². The summed E-state index contributed by atoms with van der Waals surface area (Å²) in [6.45, 7) is 1.39. The van der Waals surface area contributed by atoms with Gasteiger partial charge in [0.2, 0.25) is 0 Å². The molecule has 23 heavy (non-hydrogen) atoms. The summed E-state index contributed by atoms with van der Waals surface area (Å²) in [4.78, 5) is 5.10. The second-order valence-electron chi connectivity index (χ2n) is 4.53. The van der Waals surface area contributed by atoms with E-state index in [9.17, 15) is 13.2 Å². The zero-order chi connectivity index (χ0) is 17.2. The molecule has 0 unspecified atom stereocenters. The van der Waals surface area contributed by atoms with Crippen LogP contribution in [-0.4, -0.2) is 5.71 Å². The van der Waals surface area contributed by atoms with Crippen molar-refractivity contribution in [3.8, 4) is 5.75 Å². The molecule has 0 amide bonds. The largest absolute Gasteiger partial charge is 0.417 e. The Balaban J connectivity index is 2.34. The molecular weight excluding hydrogens is 374 g/mol. The molecule has 0 heterocycles. The van der Waals surface area contributed by atoms with E-state index in [4.69, 9.17) is 39.6 Å². The van der Waals surface area contributed by atoms with Crippen LogP contribution in [0.4, 0.5) is 13.2 Å². The van der Waals surface area contributed by atoms with E-state index in [2.05, 4.69) is 5.16 Å². The molecule has 122 valence electrons. The van der Waals surface area contributed by atoms with E-state index in [0.717, 1.165) is 6.07 Å². The third kappa shape index (κ3) is 4.53. The molecule has 0 aliphatic rings. The molecule has 0 N–H and O–H groups in total. The Morgan fingerprint density at radius 1 is 1.00 bits per heavy atom. The summed E-state index contributed by atoms with van der Waals surface area (Å²) in [7, 11) is 0. The lowest BCUT2D eigenvalue weighted by Crippen LogP contribution is -2.12. The van der Waals surface area contributed by atoms with Crippen molar-refractivity contribution in [1.29, 1.82) is 0 Å². The maximum atomic E-state index is 13.0. The molecule has 0 fully saturated rings. The Morgan fingerprint density at radius 2 is 1.70 bits per heavy atom. The highest BCUT2D eigenvalue weighted by molar-refractivity contribution is 6.42. The van der Waals surface area contributed by atoms with Gasteiger partial charge in [-0.1, -0.05) is 40.0 Å². The highest BCUT2D eigenvalue weighted by Crippen LogP contribution is 2.34. The van der Waals surface area contributed by atoms with Gasteiger partial charge in [-0.2, -0.15) is 13.2 Å². The number of halogens is 6. The molecule has 0 saturated heterocycles. The maximum Gasteiger partial charge on any atom is 0.417 e. The van der Waals surface area contributed by atoms with E-state index in [1.807, 2.05) is 0 Å². The Kier molecular flexibility index (Phi) is 5.45. The van der Waals surface area contributed by atoms with Gasteiger partial charge < -0.3 is 4.84 Å². The monoisotopic (exact) mass is 381 g/mol. The van der Waals surface area contributed by atoms with Crippen molar-refractivity contribution in [2.75, 3.05) is 0 Å². The number of benzene rings is 2. The van der Waals surface area contributed by atoms with Gasteiger partial charge in [0, 0.05) is 16.7 Å². The lowest BCUT2D eigenvalue weighted by molar-refractivity contribution is -0.137. The highest BCUT2D eigenvalue weighted by Gasteiger charge is 2.34. The van der Waals surface area contributed by atoms with Crippen molar-refractivity contribution in [1.82, 2.24) is 0 Å². The van der Waals surface area contributed by atoms with Gasteiger partial charge in [-0.15, -0.1) is 0 Å². The van der Waals surface area contributed by atoms with E-state index in [-0.39, 0.29) is 27.1 Å². The molecule has 8 heteroatoms. The molecule has 0 radical (unpaired) electrons. The van der Waals surface area contributed by atoms with Gasteiger partial charge >= 0.3 is 6.18 Å². The maximum absolute atomic E-state index is 13.0. The van der Waals surface area contributed by atoms with Crippen LogP contribution in [0, 0.1) is 0 Å². The van der Waals surface area contributed by atoms with Crippen molar-refractivity contribution in [3.05, 3.63) is 62.6 Å². The number of hydrogen-bond donors (Lipinski definition) is 0. The zero-order valence-corrected chi connectivity index (χ0v) is 13.9. The third-order valence-electron chi connectivity index (χ3n) is 2.86. The van der Waals surface area contributed by atoms with Crippen LogP contribution in [0.5, 0.6) is 5.75 Å². The van der Waals surface area contributed by atoms with Crippen molar-refractivity contribution in [3.63, 3.8) is 0 Å². The highest BCUT2D eigenvalue weighted by atomic mass is 35.5. The smallest absolute Gasteiger partial charge is 0.357 e. The predicted octanol–water partition coefficient (Wildman–Crippen LogP) is 6.47. The van der Waals surface area contributed by atoms with Crippen LogP contribution >= 0.6 is 34.8 Å². The molecule has 0 atom stereocenters. The predicted molar refractivity (Wildman–Crippen MR) is 85.8 cm³/mol. The van der Waals surface area contributed by atoms with E-state index in [1.54, 1.807) is 0 Å². The molecular formula is C15H9Cl3F3NO. The molecule has 0 aromatic heterocycles. The Labute approximate surface area is 145 Å². The Hall–Kier alpha value is -1.43. The van der Waals surface area contributed by atoms with Crippen LogP contribution in [0.15, 0.2) is 41.6 Å². The molecule has 2 rings (SSSR count). The lowest BCUT2D eigenvalue weighted by atomic mass is 10.0. The summed E-state index contributed by atoms with van der Waals surface area (Å²) in [6.07, 6.45) is -4.53. The number of oxime groups is 1. The molecule has 0 spiro atoms. The second-order valence-corrected chi connectivity index (χ2v) is 5.78.